The number of carbonyl (C=O) groups excluding carboxylic acids is 1. The van der Waals surface area contributed by atoms with Gasteiger partial charge in [0.2, 0.25) is 5.91 Å². The van der Waals surface area contributed by atoms with E-state index in [2.05, 4.69) is 11.9 Å². The number of aliphatic hydroxyl groups excluding tert-OH is 1. The highest BCUT2D eigenvalue weighted by Gasteiger charge is 2.13. The second-order valence-electron chi connectivity index (χ2n) is 4.41. The molecule has 0 aliphatic heterocycles. The van der Waals surface area contributed by atoms with Crippen LogP contribution in [0.25, 0.3) is 0 Å². The second kappa shape index (κ2) is 7.67. The zero-order chi connectivity index (χ0) is 13.4. The van der Waals surface area contributed by atoms with Gasteiger partial charge in [0.1, 0.15) is 0 Å². The summed E-state index contributed by atoms with van der Waals surface area (Å²) >= 11 is 0. The molecule has 98 valence electrons. The van der Waals surface area contributed by atoms with Gasteiger partial charge in [0.25, 0.3) is 0 Å². The lowest BCUT2D eigenvalue weighted by Gasteiger charge is -2.16. The zero-order valence-corrected chi connectivity index (χ0v) is 10.8. The van der Waals surface area contributed by atoms with Crippen molar-refractivity contribution in [3.8, 4) is 0 Å². The van der Waals surface area contributed by atoms with Gasteiger partial charge in [-0.05, 0) is 24.8 Å². The van der Waals surface area contributed by atoms with E-state index >= 15 is 0 Å². The molecular weight excluding hydrogens is 226 g/mol. The van der Waals surface area contributed by atoms with E-state index in [1.54, 1.807) is 6.08 Å². The van der Waals surface area contributed by atoms with Gasteiger partial charge >= 0.3 is 0 Å². The molecule has 0 spiro atoms. The summed E-state index contributed by atoms with van der Waals surface area (Å²) in [6.07, 6.45) is 2.68. The first-order valence-electron chi connectivity index (χ1n) is 6.25. The van der Waals surface area contributed by atoms with Crippen LogP contribution in [0.3, 0.4) is 0 Å². The average Bonchev–Trinajstić information content (AvgIpc) is 2.39. The van der Waals surface area contributed by atoms with Crippen LogP contribution < -0.4 is 5.32 Å². The Labute approximate surface area is 109 Å². The van der Waals surface area contributed by atoms with E-state index in [1.165, 1.54) is 0 Å². The minimum atomic E-state index is -0.00953. The number of amides is 1. The summed E-state index contributed by atoms with van der Waals surface area (Å²) in [6.45, 7) is 5.72. The highest BCUT2D eigenvalue weighted by atomic mass is 16.3. The Hall–Kier alpha value is -1.61. The monoisotopic (exact) mass is 247 g/mol. The largest absolute Gasteiger partial charge is 0.396 e. The van der Waals surface area contributed by atoms with Crippen molar-refractivity contribution >= 4 is 5.91 Å². The maximum absolute atomic E-state index is 11.8. The minimum Gasteiger partial charge on any atom is -0.396 e. The lowest BCUT2D eigenvalue weighted by atomic mass is 10.0. The van der Waals surface area contributed by atoms with Crippen molar-refractivity contribution in [2.75, 3.05) is 6.61 Å². The molecule has 3 heteroatoms. The first-order valence-corrected chi connectivity index (χ1v) is 6.25. The highest BCUT2D eigenvalue weighted by Crippen LogP contribution is 2.14. The summed E-state index contributed by atoms with van der Waals surface area (Å²) in [5.74, 6) is 0.0303. The zero-order valence-electron chi connectivity index (χ0n) is 10.8. The number of rotatable bonds is 7. The molecule has 0 radical (unpaired) electrons. The van der Waals surface area contributed by atoms with E-state index in [9.17, 15) is 4.79 Å². The van der Waals surface area contributed by atoms with Crippen LogP contribution in [0.4, 0.5) is 0 Å². The SMILES string of the molecule is C=C[C@@H](CCO)CC(=O)N[C@@H](C)c1ccccc1. The predicted octanol–water partition coefficient (Wildman–Crippen LogP) is 2.44. The summed E-state index contributed by atoms with van der Waals surface area (Å²) < 4.78 is 0. The molecule has 1 aromatic carbocycles. The molecule has 0 saturated heterocycles. The molecule has 2 atom stereocenters. The van der Waals surface area contributed by atoms with Gasteiger partial charge in [-0.1, -0.05) is 36.4 Å². The Kier molecular flexibility index (Phi) is 6.15. The van der Waals surface area contributed by atoms with Gasteiger partial charge < -0.3 is 10.4 Å². The fraction of sp³-hybridized carbons (Fsp3) is 0.400. The van der Waals surface area contributed by atoms with Crippen molar-refractivity contribution in [3.05, 3.63) is 48.6 Å². The normalized spacial score (nSPS) is 13.7. The number of hydrogen-bond donors (Lipinski definition) is 2. The third-order valence-electron chi connectivity index (χ3n) is 2.96. The molecule has 3 nitrogen and oxygen atoms in total. The maximum atomic E-state index is 11.8. The summed E-state index contributed by atoms with van der Waals surface area (Å²) in [4.78, 5) is 11.8. The first kappa shape index (κ1) is 14.5. The Morgan fingerprint density at radius 3 is 2.67 bits per heavy atom. The van der Waals surface area contributed by atoms with E-state index in [4.69, 9.17) is 5.11 Å². The molecule has 0 heterocycles. The van der Waals surface area contributed by atoms with E-state index < -0.39 is 0 Å². The third kappa shape index (κ3) is 4.72. The van der Waals surface area contributed by atoms with Gasteiger partial charge in [-0.2, -0.15) is 0 Å². The van der Waals surface area contributed by atoms with Gasteiger partial charge in [0.15, 0.2) is 0 Å². The topological polar surface area (TPSA) is 49.3 Å². The number of allylic oxidation sites excluding steroid dienone is 1. The van der Waals surface area contributed by atoms with Crippen molar-refractivity contribution in [2.24, 2.45) is 5.92 Å². The van der Waals surface area contributed by atoms with Crippen LogP contribution in [0.1, 0.15) is 31.4 Å². The molecule has 2 N–H and O–H groups in total. The van der Waals surface area contributed by atoms with Gasteiger partial charge in [-0.3, -0.25) is 4.79 Å². The van der Waals surface area contributed by atoms with Crippen LogP contribution in [0.2, 0.25) is 0 Å². The molecule has 0 bridgehead atoms. The molecule has 1 amide bonds. The number of aliphatic hydroxyl groups is 1. The summed E-state index contributed by atoms with van der Waals surface area (Å²) in [7, 11) is 0. The smallest absolute Gasteiger partial charge is 0.221 e. The Morgan fingerprint density at radius 1 is 1.44 bits per heavy atom. The quantitative estimate of drug-likeness (QED) is 0.727. The number of carbonyl (C=O) groups is 1. The summed E-state index contributed by atoms with van der Waals surface area (Å²) in [5.41, 5.74) is 1.09. The van der Waals surface area contributed by atoms with Gasteiger partial charge in [-0.15, -0.1) is 6.58 Å². The van der Waals surface area contributed by atoms with Crippen LogP contribution in [0.5, 0.6) is 0 Å². The van der Waals surface area contributed by atoms with E-state index in [-0.39, 0.29) is 24.5 Å². The minimum absolute atomic E-state index is 0.00158. The first-order chi connectivity index (χ1) is 8.67. The molecule has 18 heavy (non-hydrogen) atoms. The standard InChI is InChI=1S/C15H21NO2/c1-3-13(9-10-17)11-15(18)16-12(2)14-7-5-4-6-8-14/h3-8,12-13,17H,1,9-11H2,2H3,(H,16,18)/t12-,13-/m0/s1. The van der Waals surface area contributed by atoms with Gasteiger partial charge in [0.05, 0.1) is 6.04 Å². The van der Waals surface area contributed by atoms with Crippen molar-refractivity contribution in [3.63, 3.8) is 0 Å². The van der Waals surface area contributed by atoms with Crippen LogP contribution in [-0.4, -0.2) is 17.6 Å². The van der Waals surface area contributed by atoms with Crippen LogP contribution >= 0.6 is 0 Å². The number of hydrogen-bond acceptors (Lipinski definition) is 2. The lowest BCUT2D eigenvalue weighted by Crippen LogP contribution is -2.28. The molecule has 0 aliphatic carbocycles. The van der Waals surface area contributed by atoms with E-state index in [0.717, 1.165) is 5.56 Å². The van der Waals surface area contributed by atoms with E-state index in [1.807, 2.05) is 37.3 Å². The fourth-order valence-electron chi connectivity index (χ4n) is 1.83. The molecule has 0 aliphatic rings. The Bertz CT molecular complexity index is 375. The molecular formula is C15H21NO2. The average molecular weight is 247 g/mol. The molecule has 0 saturated carbocycles. The van der Waals surface area contributed by atoms with Crippen molar-refractivity contribution < 1.29 is 9.90 Å². The fourth-order valence-corrected chi connectivity index (χ4v) is 1.83. The van der Waals surface area contributed by atoms with Crippen molar-refractivity contribution in [1.82, 2.24) is 5.32 Å². The van der Waals surface area contributed by atoms with Crippen LogP contribution in [0.15, 0.2) is 43.0 Å². The van der Waals surface area contributed by atoms with Gasteiger partial charge in [0, 0.05) is 13.0 Å². The Morgan fingerprint density at radius 2 is 2.11 bits per heavy atom. The molecule has 1 aromatic rings. The van der Waals surface area contributed by atoms with Crippen molar-refractivity contribution in [1.29, 1.82) is 0 Å². The molecule has 1 rings (SSSR count). The lowest BCUT2D eigenvalue weighted by molar-refractivity contribution is -0.122. The summed E-state index contributed by atoms with van der Waals surface area (Å²) in [6, 6.07) is 9.84. The Balaban J connectivity index is 2.47. The molecule has 0 fully saturated rings. The summed E-state index contributed by atoms with van der Waals surface area (Å²) in [5, 5.41) is 11.8. The van der Waals surface area contributed by atoms with Crippen LogP contribution in [0, 0.1) is 5.92 Å². The predicted molar refractivity (Wildman–Crippen MR) is 73.0 cm³/mol. The third-order valence-corrected chi connectivity index (χ3v) is 2.96. The second-order valence-corrected chi connectivity index (χ2v) is 4.41. The molecule has 0 aromatic heterocycles. The van der Waals surface area contributed by atoms with E-state index in [0.29, 0.717) is 12.8 Å². The number of nitrogens with one attached hydrogen (secondary N) is 1. The number of benzene rings is 1. The van der Waals surface area contributed by atoms with Gasteiger partial charge in [-0.25, -0.2) is 0 Å². The maximum Gasteiger partial charge on any atom is 0.221 e. The van der Waals surface area contributed by atoms with Crippen LogP contribution in [-0.2, 0) is 4.79 Å². The molecule has 0 unspecified atom stereocenters. The van der Waals surface area contributed by atoms with Crippen molar-refractivity contribution in [2.45, 2.75) is 25.8 Å². The highest BCUT2D eigenvalue weighted by molar-refractivity contribution is 5.76.